The van der Waals surface area contributed by atoms with E-state index >= 15 is 0 Å². The van der Waals surface area contributed by atoms with Gasteiger partial charge in [0.2, 0.25) is 0 Å². The number of carbonyl (C=O) groups excluding carboxylic acids is 2. The summed E-state index contributed by atoms with van der Waals surface area (Å²) in [6, 6.07) is 7.74. The molecule has 0 spiro atoms. The standard InChI is InChI=1S/C14H14ClN3O3/c1-17-13(19)8-2-4-10(15)11(6-8)18-14(20)12-5-3-9(7-16)21-12/h2-6H,7,16H2,1H3,(H,17,19)(H,18,20). The summed E-state index contributed by atoms with van der Waals surface area (Å²) < 4.78 is 5.25. The third-order valence-corrected chi connectivity index (χ3v) is 3.12. The molecular weight excluding hydrogens is 294 g/mol. The smallest absolute Gasteiger partial charge is 0.291 e. The monoisotopic (exact) mass is 307 g/mol. The molecular formula is C14H14ClN3O3. The summed E-state index contributed by atoms with van der Waals surface area (Å²) >= 11 is 6.01. The summed E-state index contributed by atoms with van der Waals surface area (Å²) in [7, 11) is 1.52. The number of nitrogens with two attached hydrogens (primary N) is 1. The molecule has 0 saturated carbocycles. The lowest BCUT2D eigenvalue weighted by atomic mass is 10.2. The third kappa shape index (κ3) is 3.42. The first-order valence-electron chi connectivity index (χ1n) is 6.17. The average Bonchev–Trinajstić information content (AvgIpc) is 2.97. The molecule has 0 unspecified atom stereocenters. The van der Waals surface area contributed by atoms with Crippen molar-refractivity contribution in [3.63, 3.8) is 0 Å². The molecule has 110 valence electrons. The van der Waals surface area contributed by atoms with Crippen molar-refractivity contribution in [3.05, 3.63) is 52.4 Å². The highest BCUT2D eigenvalue weighted by atomic mass is 35.5. The van der Waals surface area contributed by atoms with Gasteiger partial charge >= 0.3 is 0 Å². The number of hydrogen-bond donors (Lipinski definition) is 3. The number of halogens is 1. The number of furan rings is 1. The summed E-state index contributed by atoms with van der Waals surface area (Å²) in [5.74, 6) is -0.113. The molecule has 2 aromatic rings. The first-order chi connectivity index (χ1) is 10.0. The van der Waals surface area contributed by atoms with Gasteiger partial charge in [-0.05, 0) is 30.3 Å². The second-order valence-electron chi connectivity index (χ2n) is 4.20. The lowest BCUT2D eigenvalue weighted by Gasteiger charge is -2.08. The molecule has 4 N–H and O–H groups in total. The van der Waals surface area contributed by atoms with Crippen LogP contribution in [0.2, 0.25) is 5.02 Å². The molecule has 6 nitrogen and oxygen atoms in total. The van der Waals surface area contributed by atoms with Crippen LogP contribution >= 0.6 is 11.6 Å². The lowest BCUT2D eigenvalue weighted by molar-refractivity contribution is 0.0960. The fourth-order valence-corrected chi connectivity index (χ4v) is 1.87. The number of hydrogen-bond acceptors (Lipinski definition) is 4. The second-order valence-corrected chi connectivity index (χ2v) is 4.61. The molecule has 0 saturated heterocycles. The fraction of sp³-hybridized carbons (Fsp3) is 0.143. The topological polar surface area (TPSA) is 97.4 Å². The molecule has 0 aliphatic heterocycles. The van der Waals surface area contributed by atoms with Gasteiger partial charge in [0.05, 0.1) is 17.3 Å². The van der Waals surface area contributed by atoms with E-state index in [4.69, 9.17) is 21.8 Å². The number of amides is 2. The Labute approximate surface area is 126 Å². The number of rotatable bonds is 4. The van der Waals surface area contributed by atoms with Gasteiger partial charge in [-0.1, -0.05) is 11.6 Å². The third-order valence-electron chi connectivity index (χ3n) is 2.79. The molecule has 0 bridgehead atoms. The summed E-state index contributed by atoms with van der Waals surface area (Å²) in [4.78, 5) is 23.6. The summed E-state index contributed by atoms with van der Waals surface area (Å²) in [6.45, 7) is 0.209. The van der Waals surface area contributed by atoms with Gasteiger partial charge in [0.1, 0.15) is 5.76 Å². The van der Waals surface area contributed by atoms with E-state index in [1.165, 1.54) is 25.2 Å². The molecule has 7 heteroatoms. The van der Waals surface area contributed by atoms with Crippen LogP contribution in [-0.4, -0.2) is 18.9 Å². The second kappa shape index (κ2) is 6.43. The molecule has 21 heavy (non-hydrogen) atoms. The Hall–Kier alpha value is -2.31. The van der Waals surface area contributed by atoms with E-state index in [-0.39, 0.29) is 18.2 Å². The number of nitrogens with one attached hydrogen (secondary N) is 2. The Morgan fingerprint density at radius 3 is 2.62 bits per heavy atom. The van der Waals surface area contributed by atoms with Crippen molar-refractivity contribution >= 4 is 29.1 Å². The van der Waals surface area contributed by atoms with E-state index in [1.54, 1.807) is 12.1 Å². The number of carbonyl (C=O) groups is 2. The highest BCUT2D eigenvalue weighted by Gasteiger charge is 2.14. The minimum absolute atomic E-state index is 0.122. The predicted molar refractivity (Wildman–Crippen MR) is 79.4 cm³/mol. The number of anilines is 1. The zero-order valence-electron chi connectivity index (χ0n) is 11.3. The van der Waals surface area contributed by atoms with Gasteiger partial charge in [-0.3, -0.25) is 9.59 Å². The Morgan fingerprint density at radius 1 is 1.24 bits per heavy atom. The maximum absolute atomic E-state index is 12.0. The van der Waals surface area contributed by atoms with Crippen molar-refractivity contribution in [1.29, 1.82) is 0 Å². The molecule has 0 aliphatic rings. The molecule has 0 fully saturated rings. The Bertz CT molecular complexity index is 682. The van der Waals surface area contributed by atoms with E-state index in [0.717, 1.165) is 0 Å². The van der Waals surface area contributed by atoms with Gasteiger partial charge in [-0.25, -0.2) is 0 Å². The molecule has 0 atom stereocenters. The SMILES string of the molecule is CNC(=O)c1ccc(Cl)c(NC(=O)c2ccc(CN)o2)c1. The van der Waals surface area contributed by atoms with Crippen molar-refractivity contribution < 1.29 is 14.0 Å². The van der Waals surface area contributed by atoms with Crippen LogP contribution in [0.4, 0.5) is 5.69 Å². The lowest BCUT2D eigenvalue weighted by Crippen LogP contribution is -2.18. The molecule has 0 aliphatic carbocycles. The summed E-state index contributed by atoms with van der Waals surface area (Å²) in [6.07, 6.45) is 0. The fourth-order valence-electron chi connectivity index (χ4n) is 1.70. The Balaban J connectivity index is 2.22. The first-order valence-corrected chi connectivity index (χ1v) is 6.54. The molecule has 1 aromatic heterocycles. The van der Waals surface area contributed by atoms with Crippen LogP contribution in [-0.2, 0) is 6.54 Å². The Kier molecular flexibility index (Phi) is 4.62. The van der Waals surface area contributed by atoms with E-state index in [1.807, 2.05) is 0 Å². The van der Waals surface area contributed by atoms with Crippen molar-refractivity contribution in [2.75, 3.05) is 12.4 Å². The average molecular weight is 308 g/mol. The van der Waals surface area contributed by atoms with Crippen LogP contribution in [0.25, 0.3) is 0 Å². The van der Waals surface area contributed by atoms with Gasteiger partial charge in [-0.2, -0.15) is 0 Å². The quantitative estimate of drug-likeness (QED) is 0.804. The van der Waals surface area contributed by atoms with Crippen LogP contribution in [0, 0.1) is 0 Å². The first kappa shape index (κ1) is 15.1. The van der Waals surface area contributed by atoms with Crippen LogP contribution in [0.1, 0.15) is 26.7 Å². The molecule has 0 radical (unpaired) electrons. The van der Waals surface area contributed by atoms with E-state index in [0.29, 0.717) is 22.0 Å². The maximum Gasteiger partial charge on any atom is 0.291 e. The predicted octanol–water partition coefficient (Wildman–Crippen LogP) is 2.00. The van der Waals surface area contributed by atoms with Crippen LogP contribution < -0.4 is 16.4 Å². The molecule has 2 rings (SSSR count). The maximum atomic E-state index is 12.0. The zero-order chi connectivity index (χ0) is 15.4. The van der Waals surface area contributed by atoms with Gasteiger partial charge in [-0.15, -0.1) is 0 Å². The zero-order valence-corrected chi connectivity index (χ0v) is 12.0. The highest BCUT2D eigenvalue weighted by molar-refractivity contribution is 6.34. The van der Waals surface area contributed by atoms with E-state index < -0.39 is 5.91 Å². The molecule has 1 heterocycles. The van der Waals surface area contributed by atoms with Gasteiger partial charge < -0.3 is 20.8 Å². The number of benzene rings is 1. The molecule has 2 amide bonds. The minimum Gasteiger partial charge on any atom is -0.455 e. The van der Waals surface area contributed by atoms with E-state index in [2.05, 4.69) is 10.6 Å². The normalized spacial score (nSPS) is 10.2. The summed E-state index contributed by atoms with van der Waals surface area (Å²) in [5, 5.41) is 5.42. The van der Waals surface area contributed by atoms with E-state index in [9.17, 15) is 9.59 Å². The summed E-state index contributed by atoms with van der Waals surface area (Å²) in [5.41, 5.74) is 6.13. The highest BCUT2D eigenvalue weighted by Crippen LogP contribution is 2.24. The van der Waals surface area contributed by atoms with Crippen LogP contribution in [0.3, 0.4) is 0 Å². The van der Waals surface area contributed by atoms with Gasteiger partial charge in [0.25, 0.3) is 11.8 Å². The largest absolute Gasteiger partial charge is 0.455 e. The molecule has 1 aromatic carbocycles. The Morgan fingerprint density at radius 2 is 2.00 bits per heavy atom. The van der Waals surface area contributed by atoms with Gasteiger partial charge in [0, 0.05) is 12.6 Å². The van der Waals surface area contributed by atoms with Crippen LogP contribution in [0.15, 0.2) is 34.7 Å². The van der Waals surface area contributed by atoms with Crippen LogP contribution in [0.5, 0.6) is 0 Å². The van der Waals surface area contributed by atoms with Crippen molar-refractivity contribution in [2.45, 2.75) is 6.54 Å². The van der Waals surface area contributed by atoms with Crippen molar-refractivity contribution in [1.82, 2.24) is 5.32 Å². The van der Waals surface area contributed by atoms with Crippen molar-refractivity contribution in [2.24, 2.45) is 5.73 Å². The van der Waals surface area contributed by atoms with Crippen molar-refractivity contribution in [3.8, 4) is 0 Å². The minimum atomic E-state index is -0.467. The van der Waals surface area contributed by atoms with Gasteiger partial charge in [0.15, 0.2) is 5.76 Å².